The molecule has 4 aromatic rings. The highest BCUT2D eigenvalue weighted by Gasteiger charge is 2.38. The van der Waals surface area contributed by atoms with Gasteiger partial charge in [0.2, 0.25) is 47.0 Å². The Morgan fingerprint density at radius 2 is 0.968 bits per heavy atom. The van der Waals surface area contributed by atoms with Crippen molar-refractivity contribution in [3.63, 3.8) is 0 Å². The van der Waals surface area contributed by atoms with Crippen LogP contribution >= 0.6 is 0 Å². The van der Waals surface area contributed by atoms with Gasteiger partial charge in [0, 0.05) is 74.2 Å². The molecule has 2 aromatic carbocycles. The number of nitrogens with zero attached hydrogens (tertiary/aromatic N) is 2. The van der Waals surface area contributed by atoms with E-state index in [-0.39, 0.29) is 74.6 Å². The summed E-state index contributed by atoms with van der Waals surface area (Å²) in [6.07, 6.45) is 5.84. The number of nitrogens with one attached hydrogen (secondary N) is 10. The van der Waals surface area contributed by atoms with E-state index in [1.54, 1.807) is 0 Å². The Bertz CT molecular complexity index is 2140. The molecule has 0 radical (unpaired) electrons. The molecule has 2 aromatic heterocycles. The van der Waals surface area contributed by atoms with Crippen LogP contribution in [0, 0.1) is 0 Å². The van der Waals surface area contributed by atoms with Gasteiger partial charge in [0.25, 0.3) is 0 Å². The number of rotatable bonds is 22. The average Bonchev–Trinajstić information content (AvgIpc) is 3.99. The van der Waals surface area contributed by atoms with Gasteiger partial charge in [-0.05, 0) is 24.3 Å². The Labute approximate surface area is 352 Å². The molecule has 2 heterocycles. The molecular formula is C38H46N14O10. The SMILES string of the molecule is NCC(=O)NCC(=O)N[C@@H](Cc1cnc[nH]1)C(=O)NCCNc1ccc(NCCNC(=O)[C@H](Cc2cnc[nH]2)NC(=O)CNC(=O)CN)c2c1C(=O)c1c(O)ccc(O)c1C2=O. The van der Waals surface area contributed by atoms with Gasteiger partial charge in [-0.3, -0.25) is 38.4 Å². The summed E-state index contributed by atoms with van der Waals surface area (Å²) < 4.78 is 0. The number of fused-ring (bicyclic) bond motifs is 2. The summed E-state index contributed by atoms with van der Waals surface area (Å²) >= 11 is 0. The third-order valence-electron chi connectivity index (χ3n) is 9.28. The number of amides is 6. The van der Waals surface area contributed by atoms with Gasteiger partial charge in [-0.1, -0.05) is 0 Å². The number of anilines is 2. The summed E-state index contributed by atoms with van der Waals surface area (Å²) in [7, 11) is 0. The number of ketones is 2. The van der Waals surface area contributed by atoms with Crippen LogP contribution in [0.4, 0.5) is 11.4 Å². The zero-order valence-electron chi connectivity index (χ0n) is 33.1. The second-order valence-electron chi connectivity index (χ2n) is 13.6. The molecule has 24 heteroatoms. The molecule has 2 atom stereocenters. The van der Waals surface area contributed by atoms with Crippen LogP contribution in [0.1, 0.15) is 43.2 Å². The highest BCUT2D eigenvalue weighted by molar-refractivity contribution is 6.33. The first-order chi connectivity index (χ1) is 29.8. The Morgan fingerprint density at radius 3 is 1.32 bits per heavy atom. The molecular weight excluding hydrogens is 813 g/mol. The van der Waals surface area contributed by atoms with Crippen LogP contribution in [-0.2, 0) is 41.6 Å². The lowest BCUT2D eigenvalue weighted by atomic mass is 9.81. The van der Waals surface area contributed by atoms with Crippen molar-refractivity contribution < 1.29 is 48.6 Å². The smallest absolute Gasteiger partial charge is 0.243 e. The number of hydrogen-bond acceptors (Lipinski definition) is 16. The van der Waals surface area contributed by atoms with Gasteiger partial charge >= 0.3 is 0 Å². The number of H-pyrrole nitrogens is 2. The summed E-state index contributed by atoms with van der Waals surface area (Å²) in [6, 6.07) is 3.00. The first-order valence-corrected chi connectivity index (χ1v) is 19.1. The maximum absolute atomic E-state index is 14.0. The highest BCUT2D eigenvalue weighted by Crippen LogP contribution is 2.42. The van der Waals surface area contributed by atoms with Crippen LogP contribution < -0.4 is 54.0 Å². The average molecular weight is 859 g/mol. The first kappa shape index (κ1) is 45.2. The van der Waals surface area contributed by atoms with Crippen LogP contribution in [0.15, 0.2) is 49.3 Å². The lowest BCUT2D eigenvalue weighted by Crippen LogP contribution is -2.51. The fourth-order valence-corrected chi connectivity index (χ4v) is 6.32. The number of aromatic amines is 2. The fourth-order valence-electron chi connectivity index (χ4n) is 6.32. The molecule has 0 saturated carbocycles. The molecule has 24 nitrogen and oxygen atoms in total. The van der Waals surface area contributed by atoms with Crippen LogP contribution in [-0.4, -0.2) is 142 Å². The molecule has 0 saturated heterocycles. The maximum Gasteiger partial charge on any atom is 0.243 e. The fraction of sp³-hybridized carbons (Fsp3) is 0.316. The van der Waals surface area contributed by atoms with E-state index in [4.69, 9.17) is 11.5 Å². The molecule has 0 unspecified atom stereocenters. The lowest BCUT2D eigenvalue weighted by Gasteiger charge is -2.25. The van der Waals surface area contributed by atoms with Crippen LogP contribution in [0.3, 0.4) is 0 Å². The molecule has 0 spiro atoms. The Hall–Kier alpha value is -7.86. The zero-order valence-corrected chi connectivity index (χ0v) is 33.1. The van der Waals surface area contributed by atoms with Crippen LogP contribution in [0.5, 0.6) is 11.5 Å². The number of aromatic nitrogens is 4. The van der Waals surface area contributed by atoms with Crippen molar-refractivity contribution in [1.82, 2.24) is 51.8 Å². The number of benzene rings is 2. The molecule has 328 valence electrons. The van der Waals surface area contributed by atoms with Crippen molar-refractivity contribution in [2.75, 3.05) is 63.0 Å². The molecule has 0 bridgehead atoms. The van der Waals surface area contributed by atoms with E-state index in [0.717, 1.165) is 12.1 Å². The number of carbonyl (C=O) groups excluding carboxylic acids is 8. The molecule has 0 fully saturated rings. The minimum absolute atomic E-state index is 0.00423. The Kier molecular flexibility index (Phi) is 15.6. The van der Waals surface area contributed by atoms with Gasteiger partial charge in [0.1, 0.15) is 23.6 Å². The minimum atomic E-state index is -1.08. The number of imidazole rings is 2. The predicted molar refractivity (Wildman–Crippen MR) is 219 cm³/mol. The number of carbonyl (C=O) groups is 8. The van der Waals surface area contributed by atoms with E-state index in [9.17, 15) is 48.6 Å². The standard InChI is InChI=1S/C38H46N14O10/c39-11-27(55)47-15-29(57)51-23(9-19-13-41-17-49-19)37(61)45-7-5-43-21-1-2-22(32-31(21)35(59)33-25(53)3-4-26(54)34(33)36(32)60)44-6-8-46-38(62)24(10-20-14-42-18-50-20)52-30(58)16-48-28(56)12-40/h1-4,13-14,17-18,23-24,43-44,53-54H,5-12,15-16,39-40H2,(H,41,49)(H,42,50)(H,45,61)(H,46,62)(H,47,55)(H,48,56)(H,51,57)(H,52,58)/t23-,24-/m0/s1. The highest BCUT2D eigenvalue weighted by atomic mass is 16.3. The minimum Gasteiger partial charge on any atom is -0.507 e. The van der Waals surface area contributed by atoms with Gasteiger partial charge in [-0.25, -0.2) is 9.97 Å². The molecule has 6 amide bonds. The molecule has 1 aliphatic carbocycles. The normalized spacial score (nSPS) is 12.5. The quantitative estimate of drug-likeness (QED) is 0.0233. The van der Waals surface area contributed by atoms with E-state index >= 15 is 0 Å². The van der Waals surface area contributed by atoms with Crippen molar-refractivity contribution in [2.24, 2.45) is 11.5 Å². The summed E-state index contributed by atoms with van der Waals surface area (Å²) in [4.78, 5) is 116. The topological polar surface area (TPSA) is 383 Å². The molecule has 5 rings (SSSR count). The Morgan fingerprint density at radius 1 is 0.565 bits per heavy atom. The number of hydrogen-bond donors (Lipinski definition) is 14. The third-order valence-corrected chi connectivity index (χ3v) is 9.28. The number of nitrogens with two attached hydrogens (primary N) is 2. The lowest BCUT2D eigenvalue weighted by molar-refractivity contribution is -0.129. The van der Waals surface area contributed by atoms with Gasteiger partial charge in [-0.15, -0.1) is 0 Å². The second kappa shape index (κ2) is 21.4. The van der Waals surface area contributed by atoms with E-state index in [1.807, 2.05) is 0 Å². The van der Waals surface area contributed by atoms with Gasteiger partial charge in [0.15, 0.2) is 0 Å². The van der Waals surface area contributed by atoms with Gasteiger partial charge in [0.05, 0.1) is 61.1 Å². The van der Waals surface area contributed by atoms with Crippen molar-refractivity contribution >= 4 is 58.4 Å². The molecule has 1 aliphatic rings. The molecule has 0 aliphatic heterocycles. The number of phenolic OH excluding ortho intramolecular Hbond substituents is 2. The number of aromatic hydroxyl groups is 2. The largest absolute Gasteiger partial charge is 0.507 e. The number of phenols is 2. The summed E-state index contributed by atoms with van der Waals surface area (Å²) in [5, 5.41) is 42.6. The monoisotopic (exact) mass is 858 g/mol. The first-order valence-electron chi connectivity index (χ1n) is 19.1. The van der Waals surface area contributed by atoms with Crippen molar-refractivity contribution in [2.45, 2.75) is 24.9 Å². The van der Waals surface area contributed by atoms with Gasteiger partial charge in [-0.2, -0.15) is 0 Å². The maximum atomic E-state index is 14.0. The van der Waals surface area contributed by atoms with Crippen molar-refractivity contribution in [3.8, 4) is 11.5 Å². The Balaban J connectivity index is 1.27. The van der Waals surface area contributed by atoms with Crippen LogP contribution in [0.25, 0.3) is 0 Å². The summed E-state index contributed by atoms with van der Waals surface area (Å²) in [6.45, 7) is -1.54. The zero-order chi connectivity index (χ0) is 44.8. The van der Waals surface area contributed by atoms with Crippen molar-refractivity contribution in [3.05, 3.63) is 83.0 Å². The second-order valence-corrected chi connectivity index (χ2v) is 13.6. The van der Waals surface area contributed by atoms with Gasteiger partial charge < -0.3 is 74.2 Å². The van der Waals surface area contributed by atoms with E-state index in [0.29, 0.717) is 11.4 Å². The molecule has 16 N–H and O–H groups in total. The molecule has 62 heavy (non-hydrogen) atoms. The van der Waals surface area contributed by atoms with E-state index in [1.165, 1.54) is 37.2 Å². The van der Waals surface area contributed by atoms with Crippen molar-refractivity contribution in [1.29, 1.82) is 0 Å². The predicted octanol–water partition coefficient (Wildman–Crippen LogP) is -4.02. The summed E-state index contributed by atoms with van der Waals surface area (Å²) in [5.41, 5.74) is 10.8. The third kappa shape index (κ3) is 11.7. The van der Waals surface area contributed by atoms with E-state index in [2.05, 4.69) is 62.5 Å². The summed E-state index contributed by atoms with van der Waals surface area (Å²) in [5.74, 6) is -6.21. The van der Waals surface area contributed by atoms with Crippen LogP contribution in [0.2, 0.25) is 0 Å². The van der Waals surface area contributed by atoms with E-state index < -0.39 is 94.8 Å².